The molecule has 0 heterocycles. The Hall–Kier alpha value is -1.68. The molecule has 5 unspecified atom stereocenters. The number of aliphatic hydroxyl groups excluding tert-OH is 1. The first-order valence-electron chi connectivity index (χ1n) is 8.64. The van der Waals surface area contributed by atoms with Crippen LogP contribution in [-0.2, 0) is 14.3 Å². The Kier molecular flexibility index (Phi) is 5.49. The number of Topliss-reactive ketones (excluding diaryl/α,β-unsaturated/α-hetero) is 1. The number of ketones is 1. The maximum atomic E-state index is 12.4. The Morgan fingerprint density at radius 2 is 2.00 bits per heavy atom. The first-order valence-corrected chi connectivity index (χ1v) is 8.64. The number of hydrogen-bond acceptors (Lipinski definition) is 4. The SMILES string of the molecule is C=C1C2CC(=O)C(=CC)C2C(C(C)C)C(O)C1OC(=O)C(C)=CC. The van der Waals surface area contributed by atoms with Crippen molar-refractivity contribution < 1.29 is 19.4 Å². The molecule has 0 aliphatic heterocycles. The van der Waals surface area contributed by atoms with Crippen molar-refractivity contribution in [2.45, 2.75) is 53.2 Å². The van der Waals surface area contributed by atoms with E-state index in [0.29, 0.717) is 17.6 Å². The zero-order valence-corrected chi connectivity index (χ0v) is 15.2. The fourth-order valence-corrected chi connectivity index (χ4v) is 4.16. The van der Waals surface area contributed by atoms with Crippen molar-refractivity contribution in [3.63, 3.8) is 0 Å². The zero-order valence-electron chi connectivity index (χ0n) is 15.2. The third-order valence-corrected chi connectivity index (χ3v) is 5.55. The van der Waals surface area contributed by atoms with Crippen LogP contribution >= 0.6 is 0 Å². The molecule has 2 aliphatic rings. The van der Waals surface area contributed by atoms with Crippen LogP contribution in [0.15, 0.2) is 35.5 Å². The van der Waals surface area contributed by atoms with Gasteiger partial charge in [0, 0.05) is 12.0 Å². The number of carbonyl (C=O) groups is 2. The molecule has 0 radical (unpaired) electrons. The van der Waals surface area contributed by atoms with E-state index in [1.54, 1.807) is 19.9 Å². The van der Waals surface area contributed by atoms with Gasteiger partial charge in [0.1, 0.15) is 6.10 Å². The van der Waals surface area contributed by atoms with Gasteiger partial charge >= 0.3 is 5.97 Å². The van der Waals surface area contributed by atoms with E-state index in [1.165, 1.54) is 0 Å². The van der Waals surface area contributed by atoms with Gasteiger partial charge in [0.15, 0.2) is 5.78 Å². The molecular weight excluding hydrogens is 304 g/mol. The van der Waals surface area contributed by atoms with Crippen LogP contribution in [0.3, 0.4) is 0 Å². The highest BCUT2D eigenvalue weighted by Crippen LogP contribution is 2.52. The van der Waals surface area contributed by atoms with Gasteiger partial charge in [-0.1, -0.05) is 32.6 Å². The Morgan fingerprint density at radius 1 is 1.38 bits per heavy atom. The van der Waals surface area contributed by atoms with Crippen LogP contribution in [-0.4, -0.2) is 29.1 Å². The van der Waals surface area contributed by atoms with Crippen LogP contribution in [0.4, 0.5) is 0 Å². The third kappa shape index (κ3) is 3.00. The lowest BCUT2D eigenvalue weighted by Crippen LogP contribution is -2.50. The largest absolute Gasteiger partial charge is 0.452 e. The Balaban J connectivity index is 2.39. The molecule has 1 N–H and O–H groups in total. The number of carbonyl (C=O) groups excluding carboxylic acids is 2. The predicted octanol–water partition coefficient (Wildman–Crippen LogP) is 3.22. The van der Waals surface area contributed by atoms with Crippen molar-refractivity contribution in [2.24, 2.45) is 23.7 Å². The summed E-state index contributed by atoms with van der Waals surface area (Å²) in [5.74, 6) is -0.416. The van der Waals surface area contributed by atoms with Crippen LogP contribution in [0.2, 0.25) is 0 Å². The van der Waals surface area contributed by atoms with E-state index in [4.69, 9.17) is 4.74 Å². The number of aliphatic hydroxyl groups is 1. The predicted molar refractivity (Wildman–Crippen MR) is 93.1 cm³/mol. The van der Waals surface area contributed by atoms with Crippen molar-refractivity contribution in [2.75, 3.05) is 0 Å². The second-order valence-electron chi connectivity index (χ2n) is 7.19. The van der Waals surface area contributed by atoms with E-state index in [9.17, 15) is 14.7 Å². The van der Waals surface area contributed by atoms with Crippen molar-refractivity contribution in [1.29, 1.82) is 0 Å². The molecule has 0 spiro atoms. The fraction of sp³-hybridized carbons (Fsp3) is 0.600. The Labute approximate surface area is 144 Å². The molecule has 2 rings (SSSR count). The number of fused-ring (bicyclic) bond motifs is 1. The summed E-state index contributed by atoms with van der Waals surface area (Å²) in [6.07, 6.45) is 2.31. The van der Waals surface area contributed by atoms with Crippen molar-refractivity contribution in [3.05, 3.63) is 35.5 Å². The molecule has 0 amide bonds. The monoisotopic (exact) mass is 332 g/mol. The molecule has 0 aromatic carbocycles. The van der Waals surface area contributed by atoms with Crippen molar-refractivity contribution in [1.82, 2.24) is 0 Å². The summed E-state index contributed by atoms with van der Waals surface area (Å²) in [4.78, 5) is 24.5. The lowest BCUT2D eigenvalue weighted by molar-refractivity contribution is -0.155. The van der Waals surface area contributed by atoms with Gasteiger partial charge in [-0.05, 0) is 55.6 Å². The highest BCUT2D eigenvalue weighted by atomic mass is 16.6. The molecule has 24 heavy (non-hydrogen) atoms. The number of hydrogen-bond donors (Lipinski definition) is 1. The maximum Gasteiger partial charge on any atom is 0.334 e. The van der Waals surface area contributed by atoms with Gasteiger partial charge in [0.2, 0.25) is 0 Å². The molecule has 4 nitrogen and oxygen atoms in total. The van der Waals surface area contributed by atoms with Crippen LogP contribution in [0.5, 0.6) is 0 Å². The molecule has 0 bridgehead atoms. The molecule has 2 fully saturated rings. The minimum Gasteiger partial charge on any atom is -0.452 e. The molecule has 0 aromatic rings. The van der Waals surface area contributed by atoms with Crippen LogP contribution < -0.4 is 0 Å². The quantitative estimate of drug-likeness (QED) is 0.490. The first-order chi connectivity index (χ1) is 11.2. The molecule has 5 atom stereocenters. The lowest BCUT2D eigenvalue weighted by Gasteiger charge is -2.45. The summed E-state index contributed by atoms with van der Waals surface area (Å²) in [7, 11) is 0. The van der Waals surface area contributed by atoms with Gasteiger partial charge in [0.25, 0.3) is 0 Å². The van der Waals surface area contributed by atoms with Crippen molar-refractivity contribution >= 4 is 11.8 Å². The summed E-state index contributed by atoms with van der Waals surface area (Å²) in [6, 6.07) is 0. The average Bonchev–Trinajstić information content (AvgIpc) is 2.86. The molecule has 0 saturated heterocycles. The lowest BCUT2D eigenvalue weighted by atomic mass is 9.64. The third-order valence-electron chi connectivity index (χ3n) is 5.55. The minimum absolute atomic E-state index is 0.0391. The van der Waals surface area contributed by atoms with Gasteiger partial charge in [-0.15, -0.1) is 0 Å². The zero-order chi connectivity index (χ0) is 18.2. The van der Waals surface area contributed by atoms with Gasteiger partial charge in [-0.3, -0.25) is 4.79 Å². The Bertz CT molecular complexity index is 611. The van der Waals surface area contributed by atoms with Crippen LogP contribution in [0, 0.1) is 23.7 Å². The smallest absolute Gasteiger partial charge is 0.334 e. The first kappa shape index (κ1) is 18.7. The van der Waals surface area contributed by atoms with Crippen LogP contribution in [0.1, 0.15) is 41.0 Å². The van der Waals surface area contributed by atoms with Crippen molar-refractivity contribution in [3.8, 4) is 0 Å². The second-order valence-corrected chi connectivity index (χ2v) is 7.19. The van der Waals surface area contributed by atoms with Gasteiger partial charge < -0.3 is 9.84 Å². The number of esters is 1. The molecule has 2 saturated carbocycles. The van der Waals surface area contributed by atoms with Gasteiger partial charge in [-0.2, -0.15) is 0 Å². The summed E-state index contributed by atoms with van der Waals surface area (Å²) < 4.78 is 5.57. The Morgan fingerprint density at radius 3 is 2.50 bits per heavy atom. The summed E-state index contributed by atoms with van der Waals surface area (Å²) in [5.41, 5.74) is 1.94. The standard InChI is InChI=1S/C20H28O4/c1-7-11(5)20(23)24-19-12(6)14-9-15(21)13(8-2)17(14)16(10(3)4)18(19)22/h7-8,10,14,16-19,22H,6,9H2,1-5H3. The number of ether oxygens (including phenoxy) is 1. The average molecular weight is 332 g/mol. The van der Waals surface area contributed by atoms with E-state index in [0.717, 1.165) is 5.57 Å². The summed E-state index contributed by atoms with van der Waals surface area (Å²) >= 11 is 0. The molecule has 4 heteroatoms. The topological polar surface area (TPSA) is 63.6 Å². The summed E-state index contributed by atoms with van der Waals surface area (Å²) in [5, 5.41) is 10.9. The van der Waals surface area contributed by atoms with E-state index in [-0.39, 0.29) is 29.5 Å². The molecule has 132 valence electrons. The molecule has 2 aliphatic carbocycles. The maximum absolute atomic E-state index is 12.4. The molecule has 0 aromatic heterocycles. The van der Waals surface area contributed by atoms with E-state index < -0.39 is 18.2 Å². The van der Waals surface area contributed by atoms with Gasteiger partial charge in [-0.25, -0.2) is 4.79 Å². The van der Waals surface area contributed by atoms with E-state index in [2.05, 4.69) is 6.58 Å². The second kappa shape index (κ2) is 7.06. The van der Waals surface area contributed by atoms with Gasteiger partial charge in [0.05, 0.1) is 6.10 Å². The fourth-order valence-electron chi connectivity index (χ4n) is 4.16. The normalized spacial score (nSPS) is 35.5. The van der Waals surface area contributed by atoms with Crippen LogP contribution in [0.25, 0.3) is 0 Å². The molecular formula is C20H28O4. The van der Waals surface area contributed by atoms with E-state index in [1.807, 2.05) is 26.8 Å². The van der Waals surface area contributed by atoms with E-state index >= 15 is 0 Å². The highest BCUT2D eigenvalue weighted by molar-refractivity contribution is 5.99. The number of allylic oxidation sites excluding steroid dienone is 3. The summed E-state index contributed by atoms with van der Waals surface area (Å²) in [6.45, 7) is 13.5. The minimum atomic E-state index is -0.854. The highest BCUT2D eigenvalue weighted by Gasteiger charge is 2.54. The number of rotatable bonds is 3.